The van der Waals surface area contributed by atoms with E-state index in [9.17, 15) is 19.4 Å². The van der Waals surface area contributed by atoms with Crippen LogP contribution in [0.15, 0.2) is 30.7 Å². The minimum atomic E-state index is -0.613. The molecule has 0 radical (unpaired) electrons. The highest BCUT2D eigenvalue weighted by atomic mass is 19.1. The van der Waals surface area contributed by atoms with Gasteiger partial charge in [0.05, 0.1) is 12.4 Å². The second-order valence-electron chi connectivity index (χ2n) is 5.14. The van der Waals surface area contributed by atoms with E-state index in [2.05, 4.69) is 4.98 Å². The Bertz CT molecular complexity index is 657. The topological polar surface area (TPSA) is 101 Å². The van der Waals surface area contributed by atoms with Crippen molar-refractivity contribution < 1.29 is 19.4 Å². The first kappa shape index (κ1) is 16.0. The van der Waals surface area contributed by atoms with Gasteiger partial charge in [-0.25, -0.2) is 9.37 Å². The van der Waals surface area contributed by atoms with E-state index in [0.29, 0.717) is 31.4 Å². The molecule has 2 rings (SSSR count). The SMILES string of the molecule is NC(=O)c1cn(C[C@@H](O)CCCc2ccc(F)cc2O)cn1. The summed E-state index contributed by atoms with van der Waals surface area (Å²) in [5, 5.41) is 19.5. The summed E-state index contributed by atoms with van der Waals surface area (Å²) < 4.78 is 14.5. The monoisotopic (exact) mass is 307 g/mol. The van der Waals surface area contributed by atoms with Gasteiger partial charge in [-0.3, -0.25) is 4.79 Å². The Kier molecular flexibility index (Phi) is 5.11. The maximum atomic E-state index is 12.9. The lowest BCUT2D eigenvalue weighted by Gasteiger charge is -2.11. The summed E-state index contributed by atoms with van der Waals surface area (Å²) in [4.78, 5) is 14.7. The highest BCUT2D eigenvalue weighted by Gasteiger charge is 2.10. The number of carbonyl (C=O) groups excluding carboxylic acids is 1. The fourth-order valence-corrected chi connectivity index (χ4v) is 2.20. The van der Waals surface area contributed by atoms with E-state index in [1.807, 2.05) is 0 Å². The van der Waals surface area contributed by atoms with E-state index in [-0.39, 0.29) is 11.4 Å². The fraction of sp³-hybridized carbons (Fsp3) is 0.333. The lowest BCUT2D eigenvalue weighted by atomic mass is 10.0. The van der Waals surface area contributed by atoms with Crippen LogP contribution >= 0.6 is 0 Å². The molecule has 0 spiro atoms. The summed E-state index contributed by atoms with van der Waals surface area (Å²) in [5.41, 5.74) is 5.90. The number of amides is 1. The van der Waals surface area contributed by atoms with Crippen molar-refractivity contribution in [3.63, 3.8) is 0 Å². The van der Waals surface area contributed by atoms with Gasteiger partial charge in [0.2, 0.25) is 0 Å². The molecule has 22 heavy (non-hydrogen) atoms. The van der Waals surface area contributed by atoms with Crippen LogP contribution in [0.1, 0.15) is 28.9 Å². The number of aromatic hydroxyl groups is 1. The van der Waals surface area contributed by atoms with Crippen LogP contribution in [0.2, 0.25) is 0 Å². The molecule has 2 aromatic rings. The van der Waals surface area contributed by atoms with Gasteiger partial charge in [-0.05, 0) is 30.9 Å². The molecule has 0 saturated heterocycles. The van der Waals surface area contributed by atoms with Crippen molar-refractivity contribution in [3.8, 4) is 5.75 Å². The average Bonchev–Trinajstić information content (AvgIpc) is 2.90. The Morgan fingerprint density at radius 3 is 2.86 bits per heavy atom. The highest BCUT2D eigenvalue weighted by Crippen LogP contribution is 2.20. The molecule has 0 aliphatic carbocycles. The van der Waals surface area contributed by atoms with Gasteiger partial charge in [0.15, 0.2) is 0 Å². The van der Waals surface area contributed by atoms with Crippen molar-refractivity contribution in [1.82, 2.24) is 9.55 Å². The van der Waals surface area contributed by atoms with E-state index >= 15 is 0 Å². The van der Waals surface area contributed by atoms with Crippen LogP contribution in [0.3, 0.4) is 0 Å². The molecule has 1 aromatic carbocycles. The molecule has 7 heteroatoms. The number of rotatable bonds is 7. The van der Waals surface area contributed by atoms with Gasteiger partial charge in [0.1, 0.15) is 17.3 Å². The van der Waals surface area contributed by atoms with Crippen LogP contribution in [0.25, 0.3) is 0 Å². The van der Waals surface area contributed by atoms with Crippen LogP contribution < -0.4 is 5.73 Å². The largest absolute Gasteiger partial charge is 0.508 e. The second-order valence-corrected chi connectivity index (χ2v) is 5.14. The smallest absolute Gasteiger partial charge is 0.268 e. The number of carbonyl (C=O) groups is 1. The number of hydrogen-bond donors (Lipinski definition) is 3. The zero-order valence-corrected chi connectivity index (χ0v) is 11.9. The van der Waals surface area contributed by atoms with Crippen molar-refractivity contribution in [2.75, 3.05) is 0 Å². The number of aliphatic hydroxyl groups excluding tert-OH is 1. The van der Waals surface area contributed by atoms with Gasteiger partial charge in [-0.15, -0.1) is 0 Å². The minimum absolute atomic E-state index is 0.0739. The molecule has 4 N–H and O–H groups in total. The Hall–Kier alpha value is -2.41. The summed E-state index contributed by atoms with van der Waals surface area (Å²) in [6.07, 6.45) is 3.99. The first-order valence-corrected chi connectivity index (χ1v) is 6.92. The number of phenolic OH excluding ortho intramolecular Hbond substituents is 1. The van der Waals surface area contributed by atoms with E-state index in [1.165, 1.54) is 24.7 Å². The number of nitrogens with zero attached hydrogens (tertiary/aromatic N) is 2. The van der Waals surface area contributed by atoms with Gasteiger partial charge in [-0.2, -0.15) is 0 Å². The van der Waals surface area contributed by atoms with E-state index in [1.54, 1.807) is 4.57 Å². The molecule has 0 bridgehead atoms. The third kappa shape index (κ3) is 4.29. The van der Waals surface area contributed by atoms with Crippen molar-refractivity contribution in [2.45, 2.75) is 31.9 Å². The molecule has 0 unspecified atom stereocenters. The Morgan fingerprint density at radius 1 is 1.45 bits per heavy atom. The molecule has 0 aliphatic rings. The highest BCUT2D eigenvalue weighted by molar-refractivity contribution is 5.90. The molecule has 0 saturated carbocycles. The Labute approximate surface area is 127 Å². The quantitative estimate of drug-likeness (QED) is 0.715. The summed E-state index contributed by atoms with van der Waals surface area (Å²) in [6.45, 7) is 0.301. The van der Waals surface area contributed by atoms with Gasteiger partial charge in [-0.1, -0.05) is 6.07 Å². The normalized spacial score (nSPS) is 12.3. The number of imidazole rings is 1. The standard InChI is InChI=1S/C15H18FN3O3/c16-11-5-4-10(14(21)6-11)2-1-3-12(20)7-19-8-13(15(17)22)18-9-19/h4-6,8-9,12,20-21H,1-3,7H2,(H2,17,22)/t12-/m0/s1. The number of phenols is 1. The minimum Gasteiger partial charge on any atom is -0.508 e. The predicted octanol–water partition coefficient (Wildman–Crippen LogP) is 1.21. The number of aliphatic hydroxyl groups is 1. The van der Waals surface area contributed by atoms with Crippen molar-refractivity contribution in [3.05, 3.63) is 47.8 Å². The van der Waals surface area contributed by atoms with Gasteiger partial charge >= 0.3 is 0 Å². The first-order chi connectivity index (χ1) is 10.5. The molecule has 6 nitrogen and oxygen atoms in total. The van der Waals surface area contributed by atoms with Crippen molar-refractivity contribution in [2.24, 2.45) is 5.73 Å². The molecular formula is C15H18FN3O3. The second kappa shape index (κ2) is 7.04. The van der Waals surface area contributed by atoms with Crippen molar-refractivity contribution >= 4 is 5.91 Å². The van der Waals surface area contributed by atoms with E-state index in [4.69, 9.17) is 5.73 Å². The summed E-state index contributed by atoms with van der Waals surface area (Å²) in [6, 6.07) is 3.90. The molecule has 1 aromatic heterocycles. The Morgan fingerprint density at radius 2 is 2.23 bits per heavy atom. The molecule has 1 amide bonds. The lowest BCUT2D eigenvalue weighted by Crippen LogP contribution is -2.15. The van der Waals surface area contributed by atoms with Crippen LogP contribution in [-0.4, -0.2) is 31.8 Å². The number of benzene rings is 1. The lowest BCUT2D eigenvalue weighted by molar-refractivity contribution is 0.0995. The number of halogens is 1. The number of primary amides is 1. The summed E-state index contributed by atoms with van der Waals surface area (Å²) >= 11 is 0. The van der Waals surface area contributed by atoms with Gasteiger partial charge in [0, 0.05) is 18.8 Å². The van der Waals surface area contributed by atoms with Crippen molar-refractivity contribution in [1.29, 1.82) is 0 Å². The van der Waals surface area contributed by atoms with Crippen LogP contribution in [-0.2, 0) is 13.0 Å². The molecule has 118 valence electrons. The van der Waals surface area contributed by atoms with Crippen LogP contribution in [0, 0.1) is 5.82 Å². The first-order valence-electron chi connectivity index (χ1n) is 6.92. The molecule has 1 atom stereocenters. The van der Waals surface area contributed by atoms with Gasteiger partial charge in [0.25, 0.3) is 5.91 Å². The summed E-state index contributed by atoms with van der Waals surface area (Å²) in [7, 11) is 0. The van der Waals surface area contributed by atoms with Gasteiger partial charge < -0.3 is 20.5 Å². The number of nitrogens with two attached hydrogens (primary N) is 1. The number of aromatic nitrogens is 2. The fourth-order valence-electron chi connectivity index (χ4n) is 2.20. The molecule has 1 heterocycles. The molecule has 0 aliphatic heterocycles. The Balaban J connectivity index is 1.79. The third-order valence-corrected chi connectivity index (χ3v) is 3.34. The molecular weight excluding hydrogens is 289 g/mol. The van der Waals surface area contributed by atoms with Crippen LogP contribution in [0.4, 0.5) is 4.39 Å². The van der Waals surface area contributed by atoms with E-state index < -0.39 is 17.8 Å². The number of hydrogen-bond acceptors (Lipinski definition) is 4. The maximum absolute atomic E-state index is 12.9. The summed E-state index contributed by atoms with van der Waals surface area (Å²) in [5.74, 6) is -1.16. The third-order valence-electron chi connectivity index (χ3n) is 3.34. The zero-order chi connectivity index (χ0) is 16.1. The molecule has 0 fully saturated rings. The van der Waals surface area contributed by atoms with E-state index in [0.717, 1.165) is 6.07 Å². The van der Waals surface area contributed by atoms with Crippen LogP contribution in [0.5, 0.6) is 5.75 Å². The average molecular weight is 307 g/mol. The zero-order valence-electron chi connectivity index (χ0n) is 11.9. The predicted molar refractivity (Wildman–Crippen MR) is 77.8 cm³/mol. The maximum Gasteiger partial charge on any atom is 0.268 e. The number of aryl methyl sites for hydroxylation is 1.